The number of ether oxygens (including phenoxy) is 1. The molecule has 2 heterocycles. The number of aryl methyl sites for hydroxylation is 1. The Bertz CT molecular complexity index is 666. The molecule has 0 radical (unpaired) electrons. The monoisotopic (exact) mass is 349 g/mol. The normalized spacial score (nSPS) is 16.5. The Morgan fingerprint density at radius 2 is 2.04 bits per heavy atom. The summed E-state index contributed by atoms with van der Waals surface area (Å²) in [5.41, 5.74) is 2.27. The number of piperidine rings is 1. The van der Waals surface area contributed by atoms with Crippen molar-refractivity contribution in [2.24, 2.45) is 0 Å². The summed E-state index contributed by atoms with van der Waals surface area (Å²) >= 11 is 6.16. The van der Waals surface area contributed by atoms with Gasteiger partial charge in [0.25, 0.3) is 0 Å². The van der Waals surface area contributed by atoms with Crippen molar-refractivity contribution in [3.8, 4) is 5.75 Å². The van der Waals surface area contributed by atoms with E-state index >= 15 is 0 Å². The molecule has 0 aliphatic carbocycles. The van der Waals surface area contributed by atoms with Crippen molar-refractivity contribution >= 4 is 11.6 Å². The Hall–Kier alpha value is -1.56. The van der Waals surface area contributed by atoms with E-state index in [0.717, 1.165) is 43.9 Å². The van der Waals surface area contributed by atoms with Gasteiger partial charge in [-0.1, -0.05) is 23.7 Å². The number of aliphatic hydroxyl groups is 1. The molecule has 1 aliphatic rings. The third-order valence-corrected chi connectivity index (χ3v) is 4.75. The van der Waals surface area contributed by atoms with E-state index in [-0.39, 0.29) is 12.7 Å². The van der Waals surface area contributed by atoms with Crippen LogP contribution < -0.4 is 4.74 Å². The van der Waals surface area contributed by atoms with E-state index in [1.165, 1.54) is 5.56 Å². The molecule has 1 fully saturated rings. The van der Waals surface area contributed by atoms with Gasteiger partial charge in [-0.25, -0.2) is 0 Å². The molecule has 1 N–H and O–H groups in total. The number of hydrogen-bond donors (Lipinski definition) is 1. The lowest BCUT2D eigenvalue weighted by Gasteiger charge is -2.32. The molecule has 1 saturated heterocycles. The van der Waals surface area contributed by atoms with Crippen molar-refractivity contribution < 1.29 is 9.84 Å². The summed E-state index contributed by atoms with van der Waals surface area (Å²) in [4.78, 5) is 2.43. The third kappa shape index (κ3) is 4.29. The fourth-order valence-corrected chi connectivity index (χ4v) is 3.26. The van der Waals surface area contributed by atoms with Gasteiger partial charge in [0.1, 0.15) is 11.9 Å². The van der Waals surface area contributed by atoms with Crippen molar-refractivity contribution in [3.63, 3.8) is 0 Å². The minimum absolute atomic E-state index is 0.116. The standard InChI is InChI=1S/C18H24ClN3O2/c1-14-15(13-22(20-14)10-11-23)12-21-8-6-16(7-9-21)24-18-5-3-2-4-17(18)19/h2-5,13,16,23H,6-12H2,1H3. The largest absolute Gasteiger partial charge is 0.489 e. The van der Waals surface area contributed by atoms with Gasteiger partial charge in [0.05, 0.1) is 23.9 Å². The van der Waals surface area contributed by atoms with Crippen LogP contribution in [0, 0.1) is 6.92 Å². The molecular formula is C18H24ClN3O2. The molecule has 1 aliphatic heterocycles. The van der Waals surface area contributed by atoms with Gasteiger partial charge in [-0.3, -0.25) is 9.58 Å². The lowest BCUT2D eigenvalue weighted by molar-refractivity contribution is 0.0967. The predicted molar refractivity (Wildman–Crippen MR) is 94.4 cm³/mol. The number of halogens is 1. The fourth-order valence-electron chi connectivity index (χ4n) is 3.08. The predicted octanol–water partition coefficient (Wildman–Crippen LogP) is 2.88. The first-order chi connectivity index (χ1) is 11.7. The van der Waals surface area contributed by atoms with E-state index < -0.39 is 0 Å². The first-order valence-corrected chi connectivity index (χ1v) is 8.81. The number of aromatic nitrogens is 2. The minimum Gasteiger partial charge on any atom is -0.489 e. The molecule has 0 saturated carbocycles. The highest BCUT2D eigenvalue weighted by Gasteiger charge is 2.22. The molecule has 1 aromatic heterocycles. The zero-order valence-corrected chi connectivity index (χ0v) is 14.7. The molecule has 0 unspecified atom stereocenters. The molecule has 0 atom stereocenters. The van der Waals surface area contributed by atoms with Crippen molar-refractivity contribution in [1.29, 1.82) is 0 Å². The van der Waals surface area contributed by atoms with Crippen LogP contribution in [-0.4, -0.2) is 45.6 Å². The van der Waals surface area contributed by atoms with E-state index in [2.05, 4.69) is 10.00 Å². The Morgan fingerprint density at radius 3 is 2.75 bits per heavy atom. The SMILES string of the molecule is Cc1nn(CCO)cc1CN1CCC(Oc2ccccc2Cl)CC1. The summed E-state index contributed by atoms with van der Waals surface area (Å²) in [5.74, 6) is 0.777. The molecule has 2 aromatic rings. The van der Waals surface area contributed by atoms with Crippen LogP contribution >= 0.6 is 11.6 Å². The summed E-state index contributed by atoms with van der Waals surface area (Å²) in [6.07, 6.45) is 4.25. The Kier molecular flexibility index (Phi) is 5.76. The van der Waals surface area contributed by atoms with Crippen molar-refractivity contribution in [2.75, 3.05) is 19.7 Å². The van der Waals surface area contributed by atoms with E-state index in [0.29, 0.717) is 11.6 Å². The topological polar surface area (TPSA) is 50.5 Å². The zero-order chi connectivity index (χ0) is 16.9. The quantitative estimate of drug-likeness (QED) is 0.871. The summed E-state index contributed by atoms with van der Waals surface area (Å²) in [5, 5.41) is 14.1. The smallest absolute Gasteiger partial charge is 0.138 e. The maximum atomic E-state index is 9.02. The van der Waals surface area contributed by atoms with Crippen molar-refractivity contribution in [3.05, 3.63) is 46.7 Å². The van der Waals surface area contributed by atoms with Crippen LogP contribution in [0.2, 0.25) is 5.02 Å². The number of likely N-dealkylation sites (tertiary alicyclic amines) is 1. The van der Waals surface area contributed by atoms with Gasteiger partial charge in [0, 0.05) is 31.4 Å². The van der Waals surface area contributed by atoms with Gasteiger partial charge >= 0.3 is 0 Å². The number of rotatable bonds is 6. The van der Waals surface area contributed by atoms with Crippen LogP contribution in [0.15, 0.2) is 30.5 Å². The van der Waals surface area contributed by atoms with Gasteiger partial charge in [0.2, 0.25) is 0 Å². The molecule has 6 heteroatoms. The highest BCUT2D eigenvalue weighted by atomic mass is 35.5. The lowest BCUT2D eigenvalue weighted by Crippen LogP contribution is -2.37. The van der Waals surface area contributed by atoms with E-state index in [1.54, 1.807) is 0 Å². The Labute approximate surface area is 147 Å². The molecule has 1 aromatic carbocycles. The molecule has 0 amide bonds. The number of aliphatic hydroxyl groups excluding tert-OH is 1. The zero-order valence-electron chi connectivity index (χ0n) is 14.0. The van der Waals surface area contributed by atoms with Crippen LogP contribution in [-0.2, 0) is 13.1 Å². The van der Waals surface area contributed by atoms with Gasteiger partial charge < -0.3 is 9.84 Å². The summed E-state index contributed by atoms with van der Waals surface area (Å²) in [6, 6.07) is 7.65. The van der Waals surface area contributed by atoms with Crippen LogP contribution in [0.5, 0.6) is 5.75 Å². The number of hydrogen-bond acceptors (Lipinski definition) is 4. The summed E-state index contributed by atoms with van der Waals surface area (Å²) in [7, 11) is 0. The average Bonchev–Trinajstić information content (AvgIpc) is 2.91. The molecule has 0 bridgehead atoms. The third-order valence-electron chi connectivity index (χ3n) is 4.44. The molecular weight excluding hydrogens is 326 g/mol. The summed E-state index contributed by atoms with van der Waals surface area (Å²) < 4.78 is 7.86. The number of nitrogens with zero attached hydrogens (tertiary/aromatic N) is 3. The van der Waals surface area contributed by atoms with Crippen LogP contribution in [0.1, 0.15) is 24.1 Å². The fraction of sp³-hybridized carbons (Fsp3) is 0.500. The maximum absolute atomic E-state index is 9.02. The van der Waals surface area contributed by atoms with Crippen LogP contribution in [0.4, 0.5) is 0 Å². The molecule has 3 rings (SSSR count). The highest BCUT2D eigenvalue weighted by Crippen LogP contribution is 2.27. The van der Waals surface area contributed by atoms with Gasteiger partial charge in [-0.2, -0.15) is 5.10 Å². The maximum Gasteiger partial charge on any atom is 0.138 e. The second-order valence-electron chi connectivity index (χ2n) is 6.25. The van der Waals surface area contributed by atoms with Gasteiger partial charge in [0.15, 0.2) is 0 Å². The molecule has 24 heavy (non-hydrogen) atoms. The Balaban J connectivity index is 1.51. The molecule has 130 valence electrons. The van der Waals surface area contributed by atoms with Crippen LogP contribution in [0.25, 0.3) is 0 Å². The second kappa shape index (κ2) is 8.01. The van der Waals surface area contributed by atoms with E-state index in [4.69, 9.17) is 21.4 Å². The summed E-state index contributed by atoms with van der Waals surface area (Å²) in [6.45, 7) is 5.59. The first kappa shape index (κ1) is 17.3. The van der Waals surface area contributed by atoms with Crippen molar-refractivity contribution in [2.45, 2.75) is 39.0 Å². The number of para-hydroxylation sites is 1. The highest BCUT2D eigenvalue weighted by molar-refractivity contribution is 6.32. The van der Waals surface area contributed by atoms with Crippen molar-refractivity contribution in [1.82, 2.24) is 14.7 Å². The first-order valence-electron chi connectivity index (χ1n) is 8.43. The molecule has 0 spiro atoms. The Morgan fingerprint density at radius 1 is 1.29 bits per heavy atom. The second-order valence-corrected chi connectivity index (χ2v) is 6.66. The van der Waals surface area contributed by atoms with Gasteiger partial charge in [-0.05, 0) is 31.9 Å². The van der Waals surface area contributed by atoms with Gasteiger partial charge in [-0.15, -0.1) is 0 Å². The van der Waals surface area contributed by atoms with E-state index in [9.17, 15) is 0 Å². The molecule has 5 nitrogen and oxygen atoms in total. The van der Waals surface area contributed by atoms with Crippen LogP contribution in [0.3, 0.4) is 0 Å². The lowest BCUT2D eigenvalue weighted by atomic mass is 10.1. The van der Waals surface area contributed by atoms with E-state index in [1.807, 2.05) is 42.1 Å². The average molecular weight is 350 g/mol. The number of benzene rings is 1. The minimum atomic E-state index is 0.116.